The first-order chi connectivity index (χ1) is 15.6. The summed E-state index contributed by atoms with van der Waals surface area (Å²) in [5.74, 6) is 0.155. The second-order valence-corrected chi connectivity index (χ2v) is 9.51. The number of amides is 2. The van der Waals surface area contributed by atoms with E-state index >= 15 is 0 Å². The lowest BCUT2D eigenvalue weighted by Crippen LogP contribution is -2.42. The normalized spacial score (nSPS) is 10.8. The highest BCUT2D eigenvalue weighted by Crippen LogP contribution is 2.28. The van der Waals surface area contributed by atoms with Crippen molar-refractivity contribution in [2.45, 2.75) is 25.5 Å². The lowest BCUT2D eigenvalue weighted by molar-refractivity contribution is -0.119. The number of thioether (sulfide) groups is 1. The summed E-state index contributed by atoms with van der Waals surface area (Å²) >= 11 is 4.15. The van der Waals surface area contributed by atoms with E-state index in [1.807, 2.05) is 59.3 Å². The number of thiazole rings is 1. The van der Waals surface area contributed by atoms with Crippen molar-refractivity contribution < 1.29 is 9.59 Å². The van der Waals surface area contributed by atoms with Crippen molar-refractivity contribution in [2.24, 2.45) is 0 Å². The van der Waals surface area contributed by atoms with Crippen molar-refractivity contribution in [3.05, 3.63) is 58.4 Å². The third-order valence-corrected chi connectivity index (χ3v) is 7.48. The molecule has 0 aliphatic rings. The highest BCUT2D eigenvalue weighted by atomic mass is 32.2. The van der Waals surface area contributed by atoms with Gasteiger partial charge >= 0.3 is 0 Å². The van der Waals surface area contributed by atoms with Crippen LogP contribution in [0.3, 0.4) is 0 Å². The van der Waals surface area contributed by atoms with E-state index in [-0.39, 0.29) is 11.7 Å². The van der Waals surface area contributed by atoms with E-state index in [0.29, 0.717) is 22.3 Å². The zero-order chi connectivity index (χ0) is 22.5. The molecule has 0 unspecified atom stereocenters. The van der Waals surface area contributed by atoms with Crippen LogP contribution in [0.4, 0.5) is 0 Å². The minimum atomic E-state index is -0.391. The molecule has 0 bridgehead atoms. The molecular weight excluding hydrogens is 464 g/mol. The van der Waals surface area contributed by atoms with Gasteiger partial charge in [-0.05, 0) is 25.3 Å². The van der Waals surface area contributed by atoms with Crippen LogP contribution >= 0.6 is 34.4 Å². The third kappa shape index (κ3) is 4.90. The summed E-state index contributed by atoms with van der Waals surface area (Å²) < 4.78 is 1.97. The molecule has 3 heterocycles. The number of aryl methyl sites for hydroxylation is 1. The van der Waals surface area contributed by atoms with Crippen molar-refractivity contribution in [3.63, 3.8) is 0 Å². The first-order valence-corrected chi connectivity index (χ1v) is 12.5. The van der Waals surface area contributed by atoms with E-state index in [9.17, 15) is 9.59 Å². The predicted octanol–water partition coefficient (Wildman–Crippen LogP) is 4.01. The van der Waals surface area contributed by atoms with E-state index in [1.54, 1.807) is 18.3 Å². The first kappa shape index (κ1) is 22.2. The summed E-state index contributed by atoms with van der Waals surface area (Å²) in [4.78, 5) is 30.8. The standard InChI is InChI=1S/C21H20N6O2S3/c1-3-27-18(15-10-7-11-30-15)24-26-21(27)31-12-16(28)23-25-19(29)17-13(2)22-20(32-17)14-8-5-4-6-9-14/h4-11H,3,12H2,1-2H3,(H,23,28)(H,25,29). The van der Waals surface area contributed by atoms with Gasteiger partial charge in [0, 0.05) is 12.1 Å². The Kier molecular flexibility index (Phi) is 6.98. The van der Waals surface area contributed by atoms with Crippen LogP contribution in [0.2, 0.25) is 0 Å². The van der Waals surface area contributed by atoms with Gasteiger partial charge in [0.05, 0.1) is 16.3 Å². The largest absolute Gasteiger partial charge is 0.302 e. The molecule has 0 radical (unpaired) electrons. The number of hydrogen-bond donors (Lipinski definition) is 2. The van der Waals surface area contributed by atoms with Crippen molar-refractivity contribution >= 4 is 46.2 Å². The lowest BCUT2D eigenvalue weighted by Gasteiger charge is -2.07. The molecule has 2 amide bonds. The van der Waals surface area contributed by atoms with Gasteiger partial charge in [-0.25, -0.2) is 4.98 Å². The van der Waals surface area contributed by atoms with E-state index in [2.05, 4.69) is 26.0 Å². The minimum absolute atomic E-state index is 0.0970. The fourth-order valence-electron chi connectivity index (χ4n) is 2.93. The van der Waals surface area contributed by atoms with Crippen LogP contribution in [0.25, 0.3) is 21.3 Å². The average Bonchev–Trinajstić information content (AvgIpc) is 3.55. The topological polar surface area (TPSA) is 102 Å². The van der Waals surface area contributed by atoms with E-state index in [4.69, 9.17) is 0 Å². The fourth-order valence-corrected chi connectivity index (χ4v) is 5.42. The number of carbonyl (C=O) groups excluding carboxylic acids is 2. The third-order valence-electron chi connectivity index (χ3n) is 4.45. The molecule has 164 valence electrons. The maximum absolute atomic E-state index is 12.5. The second-order valence-electron chi connectivity index (χ2n) is 6.62. The molecule has 8 nitrogen and oxygen atoms in total. The van der Waals surface area contributed by atoms with Crippen LogP contribution in [-0.4, -0.2) is 37.3 Å². The number of benzene rings is 1. The number of nitrogens with zero attached hydrogens (tertiary/aromatic N) is 4. The Bertz CT molecular complexity index is 1220. The quantitative estimate of drug-likeness (QED) is 0.304. The number of carbonyl (C=O) groups is 2. The van der Waals surface area contributed by atoms with Gasteiger partial charge in [-0.3, -0.25) is 20.4 Å². The van der Waals surface area contributed by atoms with Gasteiger partial charge in [0.25, 0.3) is 5.91 Å². The highest BCUT2D eigenvalue weighted by molar-refractivity contribution is 7.99. The first-order valence-electron chi connectivity index (χ1n) is 9.78. The summed E-state index contributed by atoms with van der Waals surface area (Å²) in [6.45, 7) is 4.47. The van der Waals surface area contributed by atoms with Crippen LogP contribution in [-0.2, 0) is 11.3 Å². The molecule has 0 aliphatic heterocycles. The monoisotopic (exact) mass is 484 g/mol. The van der Waals surface area contributed by atoms with Gasteiger partial charge in [0.15, 0.2) is 11.0 Å². The smallest absolute Gasteiger partial charge is 0.281 e. The summed E-state index contributed by atoms with van der Waals surface area (Å²) in [6.07, 6.45) is 0. The summed E-state index contributed by atoms with van der Waals surface area (Å²) in [5, 5.41) is 11.9. The molecule has 32 heavy (non-hydrogen) atoms. The molecule has 0 spiro atoms. The predicted molar refractivity (Wildman–Crippen MR) is 128 cm³/mol. The molecule has 0 saturated carbocycles. The Morgan fingerprint density at radius 2 is 1.91 bits per heavy atom. The Morgan fingerprint density at radius 1 is 1.09 bits per heavy atom. The fraction of sp³-hybridized carbons (Fsp3) is 0.190. The van der Waals surface area contributed by atoms with Crippen LogP contribution in [0.5, 0.6) is 0 Å². The highest BCUT2D eigenvalue weighted by Gasteiger charge is 2.18. The summed E-state index contributed by atoms with van der Waals surface area (Å²) in [6, 6.07) is 13.6. The molecule has 0 fully saturated rings. The molecule has 0 atom stereocenters. The SMILES string of the molecule is CCn1c(SCC(=O)NNC(=O)c2sc(-c3ccccc3)nc2C)nnc1-c1cccs1. The molecule has 4 aromatic rings. The van der Waals surface area contributed by atoms with E-state index in [1.165, 1.54) is 23.1 Å². The molecule has 4 rings (SSSR count). The Morgan fingerprint density at radius 3 is 2.62 bits per heavy atom. The van der Waals surface area contributed by atoms with Crippen LogP contribution in [0.15, 0.2) is 53.0 Å². The molecule has 0 saturated heterocycles. The van der Waals surface area contributed by atoms with E-state index < -0.39 is 5.91 Å². The van der Waals surface area contributed by atoms with Gasteiger partial charge in [-0.1, -0.05) is 48.2 Å². The Hall–Kier alpha value is -3.02. The number of hydrogen-bond acceptors (Lipinski definition) is 8. The van der Waals surface area contributed by atoms with Crippen LogP contribution < -0.4 is 10.9 Å². The summed E-state index contributed by atoms with van der Waals surface area (Å²) in [7, 11) is 0. The molecule has 11 heteroatoms. The van der Waals surface area contributed by atoms with E-state index in [0.717, 1.165) is 21.3 Å². The number of aromatic nitrogens is 4. The number of hydrazine groups is 1. The van der Waals surface area contributed by atoms with Crippen molar-refractivity contribution in [2.75, 3.05) is 5.75 Å². The molecular formula is C21H20N6O2S3. The lowest BCUT2D eigenvalue weighted by atomic mass is 10.2. The summed E-state index contributed by atoms with van der Waals surface area (Å²) in [5.41, 5.74) is 6.50. The average molecular weight is 485 g/mol. The second kappa shape index (κ2) is 10.1. The molecule has 2 N–H and O–H groups in total. The maximum Gasteiger partial charge on any atom is 0.281 e. The minimum Gasteiger partial charge on any atom is -0.302 e. The number of thiophene rings is 1. The van der Waals surface area contributed by atoms with Gasteiger partial charge in [-0.15, -0.1) is 32.9 Å². The molecule has 0 aliphatic carbocycles. The maximum atomic E-state index is 12.5. The Balaban J connectivity index is 1.33. The molecule has 1 aromatic carbocycles. The van der Waals surface area contributed by atoms with Gasteiger partial charge in [0.2, 0.25) is 5.91 Å². The van der Waals surface area contributed by atoms with Crippen molar-refractivity contribution in [1.29, 1.82) is 0 Å². The number of rotatable bonds is 7. The number of nitrogens with one attached hydrogen (secondary N) is 2. The van der Waals surface area contributed by atoms with Crippen LogP contribution in [0.1, 0.15) is 22.3 Å². The van der Waals surface area contributed by atoms with Crippen molar-refractivity contribution in [1.82, 2.24) is 30.6 Å². The zero-order valence-corrected chi connectivity index (χ0v) is 19.8. The van der Waals surface area contributed by atoms with Crippen LogP contribution in [0, 0.1) is 6.92 Å². The van der Waals surface area contributed by atoms with Gasteiger partial charge < -0.3 is 4.57 Å². The zero-order valence-electron chi connectivity index (χ0n) is 17.4. The van der Waals surface area contributed by atoms with Gasteiger partial charge in [0.1, 0.15) is 9.88 Å². The molecule has 3 aromatic heterocycles. The Labute approximate surface area is 197 Å². The van der Waals surface area contributed by atoms with Gasteiger partial charge in [-0.2, -0.15) is 0 Å². The van der Waals surface area contributed by atoms with Crippen molar-refractivity contribution in [3.8, 4) is 21.3 Å².